The van der Waals surface area contributed by atoms with E-state index in [9.17, 15) is 14.4 Å². The summed E-state index contributed by atoms with van der Waals surface area (Å²) in [5.41, 5.74) is 0. The van der Waals surface area contributed by atoms with Gasteiger partial charge in [-0.05, 0) is 19.3 Å². The molecule has 0 aromatic heterocycles. The summed E-state index contributed by atoms with van der Waals surface area (Å²) in [6, 6.07) is 0. The van der Waals surface area contributed by atoms with Gasteiger partial charge in [-0.25, -0.2) is 0 Å². The maximum atomic E-state index is 11.7. The number of rotatable bonds is 9. The third-order valence-electron chi connectivity index (χ3n) is 2.48. The van der Waals surface area contributed by atoms with Gasteiger partial charge in [-0.15, -0.1) is 34.8 Å². The van der Waals surface area contributed by atoms with E-state index < -0.39 is 49.2 Å². The van der Waals surface area contributed by atoms with Gasteiger partial charge in [-0.1, -0.05) is 20.8 Å². The molecule has 0 spiro atoms. The number of carbonyl (C=O) groups excluding carboxylic acids is 3. The van der Waals surface area contributed by atoms with Crippen LogP contribution in [0.1, 0.15) is 40.0 Å². The molecule has 0 radical (unpaired) electrons. The first-order valence-corrected chi connectivity index (χ1v) is 9.52. The lowest BCUT2D eigenvalue weighted by Gasteiger charge is -2.17. The second-order valence-corrected chi connectivity index (χ2v) is 7.09. The zero-order valence-corrected chi connectivity index (χ0v) is 15.9. The standard InChI is InChI=1S/3C4H7ClO2.Al/c3*1-2-3(5)4(6)7;/h3*3H,2H2,1H3,(H,6,7);/q;;;+3/p-3. The molecule has 0 heterocycles. The fraction of sp³-hybridized carbons (Fsp3) is 0.750. The van der Waals surface area contributed by atoms with E-state index in [0.717, 1.165) is 0 Å². The van der Waals surface area contributed by atoms with Gasteiger partial charge in [0.1, 0.15) is 16.1 Å². The van der Waals surface area contributed by atoms with Crippen molar-refractivity contribution in [2.24, 2.45) is 0 Å². The largest absolute Gasteiger partial charge is 1.20 e. The third-order valence-corrected chi connectivity index (χ3v) is 5.21. The Morgan fingerprint density at radius 1 is 0.727 bits per heavy atom. The van der Waals surface area contributed by atoms with Crippen LogP contribution < -0.4 is 0 Å². The number of hydrogen-bond acceptors (Lipinski definition) is 6. The summed E-state index contributed by atoms with van der Waals surface area (Å²) < 4.78 is 14.7. The molecule has 126 valence electrons. The summed E-state index contributed by atoms with van der Waals surface area (Å²) in [5.74, 6) is -2.48. The minimum atomic E-state index is -3.42. The van der Waals surface area contributed by atoms with E-state index in [-0.39, 0.29) is 0 Å². The molecular weight excluding hydrogens is 373 g/mol. The quantitative estimate of drug-likeness (QED) is 0.444. The summed E-state index contributed by atoms with van der Waals surface area (Å²) >= 11 is 13.8. The van der Waals surface area contributed by atoms with Crippen LogP contribution in [-0.2, 0) is 25.7 Å². The van der Waals surface area contributed by atoms with E-state index in [1.807, 2.05) is 0 Å². The number of alkyl halides is 3. The summed E-state index contributed by atoms with van der Waals surface area (Å²) in [7, 11) is 0. The van der Waals surface area contributed by atoms with Crippen LogP contribution in [0.2, 0.25) is 0 Å². The van der Waals surface area contributed by atoms with Crippen molar-refractivity contribution in [1.29, 1.82) is 0 Å². The first-order chi connectivity index (χ1) is 10.3. The van der Waals surface area contributed by atoms with Crippen LogP contribution in [0.15, 0.2) is 0 Å². The van der Waals surface area contributed by atoms with E-state index in [1.165, 1.54) is 0 Å². The van der Waals surface area contributed by atoms with Gasteiger partial charge < -0.3 is 11.4 Å². The minimum Gasteiger partial charge on any atom is -0.550 e. The average Bonchev–Trinajstić information content (AvgIpc) is 2.51. The van der Waals surface area contributed by atoms with Crippen molar-refractivity contribution in [3.05, 3.63) is 0 Å². The van der Waals surface area contributed by atoms with Crippen molar-refractivity contribution >= 4 is 67.9 Å². The zero-order chi connectivity index (χ0) is 17.3. The van der Waals surface area contributed by atoms with Gasteiger partial charge in [0.15, 0.2) is 0 Å². The minimum absolute atomic E-state index is 0.309. The van der Waals surface area contributed by atoms with Crippen LogP contribution >= 0.6 is 34.8 Å². The van der Waals surface area contributed by atoms with Crippen molar-refractivity contribution < 1.29 is 25.7 Å². The predicted molar refractivity (Wildman–Crippen MR) is 83.8 cm³/mol. The maximum absolute atomic E-state index is 11.7. The Hall–Kier alpha value is -0.188. The van der Waals surface area contributed by atoms with Gasteiger partial charge in [-0.2, -0.15) is 0 Å². The van der Waals surface area contributed by atoms with Gasteiger partial charge in [0.05, 0.1) is 0 Å². The molecule has 0 N–H and O–H groups in total. The maximum Gasteiger partial charge on any atom is 1.20 e. The highest BCUT2D eigenvalue weighted by Gasteiger charge is 2.51. The molecule has 0 aliphatic carbocycles. The molecule has 3 unspecified atom stereocenters. The van der Waals surface area contributed by atoms with Gasteiger partial charge in [0, 0.05) is 0 Å². The summed E-state index contributed by atoms with van der Waals surface area (Å²) in [6.45, 7) is 5.02. The molecule has 0 fully saturated rings. The van der Waals surface area contributed by atoms with Gasteiger partial charge in [0.25, 0.3) is 17.9 Å². The van der Waals surface area contributed by atoms with Gasteiger partial charge in [-0.3, -0.25) is 14.4 Å². The van der Waals surface area contributed by atoms with Crippen LogP contribution in [0.25, 0.3) is 0 Å². The predicted octanol–water partition coefficient (Wildman–Crippen LogP) is 2.65. The fourth-order valence-electron chi connectivity index (χ4n) is 1.08. The Morgan fingerprint density at radius 2 is 0.955 bits per heavy atom. The lowest BCUT2D eigenvalue weighted by Crippen LogP contribution is -2.40. The van der Waals surface area contributed by atoms with E-state index in [4.69, 9.17) is 46.2 Å². The summed E-state index contributed by atoms with van der Waals surface area (Å²) in [4.78, 5) is 35.0. The molecule has 6 nitrogen and oxygen atoms in total. The first kappa shape index (κ1) is 21.8. The number of halogens is 3. The van der Waals surface area contributed by atoms with E-state index >= 15 is 0 Å². The molecule has 0 aromatic carbocycles. The Kier molecular flexibility index (Phi) is 11.3. The topological polar surface area (TPSA) is 78.9 Å². The van der Waals surface area contributed by atoms with Crippen molar-refractivity contribution in [2.75, 3.05) is 0 Å². The highest BCUT2D eigenvalue weighted by atomic mass is 35.5. The third kappa shape index (κ3) is 7.89. The van der Waals surface area contributed by atoms with Crippen LogP contribution in [0.4, 0.5) is 0 Å². The Bertz CT molecular complexity index is 338. The van der Waals surface area contributed by atoms with E-state index in [1.54, 1.807) is 20.8 Å². The van der Waals surface area contributed by atoms with Crippen molar-refractivity contribution in [2.45, 2.75) is 56.2 Å². The van der Waals surface area contributed by atoms with Crippen LogP contribution in [0.5, 0.6) is 0 Å². The molecule has 0 amide bonds. The van der Waals surface area contributed by atoms with Crippen LogP contribution in [0.3, 0.4) is 0 Å². The lowest BCUT2D eigenvalue weighted by molar-refractivity contribution is -0.147. The molecule has 0 bridgehead atoms. The van der Waals surface area contributed by atoms with Gasteiger partial charge >= 0.3 is 15.1 Å². The Labute approximate surface area is 149 Å². The average molecular weight is 392 g/mol. The van der Waals surface area contributed by atoms with Crippen molar-refractivity contribution in [1.82, 2.24) is 0 Å². The second kappa shape index (κ2) is 11.4. The molecular formula is C12H18AlCl3O6. The number of hydrogen-bond donors (Lipinski definition) is 0. The first-order valence-electron chi connectivity index (χ1n) is 6.80. The van der Waals surface area contributed by atoms with E-state index in [0.29, 0.717) is 19.3 Å². The molecule has 0 aromatic rings. The molecule has 0 aliphatic rings. The van der Waals surface area contributed by atoms with Crippen molar-refractivity contribution in [3.63, 3.8) is 0 Å². The number of carbonyl (C=O) groups is 3. The van der Waals surface area contributed by atoms with Crippen molar-refractivity contribution in [3.8, 4) is 0 Å². The molecule has 3 atom stereocenters. The highest BCUT2D eigenvalue weighted by Crippen LogP contribution is 2.11. The second-order valence-electron chi connectivity index (χ2n) is 4.23. The highest BCUT2D eigenvalue weighted by molar-refractivity contribution is 6.48. The Balaban J connectivity index is 4.86. The molecule has 0 saturated heterocycles. The summed E-state index contributed by atoms with van der Waals surface area (Å²) in [6.07, 6.45) is 0.927. The molecule has 10 heteroatoms. The monoisotopic (exact) mass is 390 g/mol. The molecule has 22 heavy (non-hydrogen) atoms. The SMILES string of the molecule is CCC(Cl)C(=O)[O][Al]([O]C(=O)C(Cl)CC)[O]C(=O)C(Cl)CC. The zero-order valence-electron chi connectivity index (χ0n) is 12.5. The van der Waals surface area contributed by atoms with Gasteiger partial charge in [0.2, 0.25) is 0 Å². The summed E-state index contributed by atoms with van der Waals surface area (Å²) in [5, 5.41) is -2.78. The molecule has 0 aliphatic heterocycles. The lowest BCUT2D eigenvalue weighted by atomic mass is 10.3. The fourth-order valence-corrected chi connectivity index (χ4v) is 2.70. The molecule has 0 saturated carbocycles. The van der Waals surface area contributed by atoms with Crippen LogP contribution in [-0.4, -0.2) is 49.2 Å². The van der Waals surface area contributed by atoms with E-state index in [2.05, 4.69) is 0 Å². The smallest absolute Gasteiger partial charge is 0.550 e. The Morgan fingerprint density at radius 3 is 1.14 bits per heavy atom. The van der Waals surface area contributed by atoms with Crippen LogP contribution in [0, 0.1) is 0 Å². The normalized spacial score (nSPS) is 14.5. The molecule has 0 rings (SSSR count).